The maximum absolute atomic E-state index is 6.64. The molecule has 3 aromatic heterocycles. The van der Waals surface area contributed by atoms with E-state index in [9.17, 15) is 0 Å². The first-order valence-electron chi connectivity index (χ1n) is 20.1. The third-order valence-corrected chi connectivity index (χ3v) is 12.3. The number of aromatic nitrogens is 4. The minimum absolute atomic E-state index is 0.157. The van der Waals surface area contributed by atoms with Gasteiger partial charge in [0.2, 0.25) is 5.95 Å². The van der Waals surface area contributed by atoms with Crippen molar-refractivity contribution in [3.63, 3.8) is 0 Å². The minimum atomic E-state index is -0.157. The standard InChI is InChI=1S/C54H36N4O/c1-54(2)45-22-11-9-20-39(45)43-31-44-40-21-10-12-23-47(40)58(48(44)32-46(43)54)53-56-51(34-16-7-4-8-17-34)55-52(57-53)38-25-27-42-41-26-24-37(29-49(41)59-50(42)30-38)36-19-13-18-35(28-36)33-14-5-3-6-15-33/h3-32H,1-2H3. The molecule has 0 fully saturated rings. The lowest BCUT2D eigenvalue weighted by Gasteiger charge is -2.21. The van der Waals surface area contributed by atoms with Crippen LogP contribution in [0.1, 0.15) is 25.0 Å². The summed E-state index contributed by atoms with van der Waals surface area (Å²) in [5, 5.41) is 4.44. The summed E-state index contributed by atoms with van der Waals surface area (Å²) in [4.78, 5) is 15.6. The number of rotatable bonds is 5. The number of hydrogen-bond acceptors (Lipinski definition) is 4. The Morgan fingerprint density at radius 2 is 0.983 bits per heavy atom. The zero-order chi connectivity index (χ0) is 39.2. The Bertz CT molecular complexity index is 3470. The van der Waals surface area contributed by atoms with Crippen molar-refractivity contribution in [3.8, 4) is 62.1 Å². The van der Waals surface area contributed by atoms with E-state index < -0.39 is 0 Å². The summed E-state index contributed by atoms with van der Waals surface area (Å²) in [7, 11) is 0. The molecule has 0 aliphatic heterocycles. The number of fused-ring (bicyclic) bond motifs is 9. The lowest BCUT2D eigenvalue weighted by Crippen LogP contribution is -2.15. The fraction of sp³-hybridized carbons (Fsp3) is 0.0556. The van der Waals surface area contributed by atoms with E-state index in [1.54, 1.807) is 0 Å². The van der Waals surface area contributed by atoms with Gasteiger partial charge in [0.15, 0.2) is 11.6 Å². The molecule has 0 atom stereocenters. The summed E-state index contributed by atoms with van der Waals surface area (Å²) >= 11 is 0. The maximum Gasteiger partial charge on any atom is 0.238 e. The van der Waals surface area contributed by atoms with Gasteiger partial charge in [-0.25, -0.2) is 4.98 Å². The van der Waals surface area contributed by atoms with Gasteiger partial charge in [-0.3, -0.25) is 4.57 Å². The fourth-order valence-electron chi connectivity index (χ4n) is 9.29. The average Bonchev–Trinajstić information content (AvgIpc) is 3.90. The molecule has 8 aromatic carbocycles. The van der Waals surface area contributed by atoms with Crippen LogP contribution in [0.5, 0.6) is 0 Å². The highest BCUT2D eigenvalue weighted by atomic mass is 16.3. The summed E-state index contributed by atoms with van der Waals surface area (Å²) in [6, 6.07) is 64.2. The topological polar surface area (TPSA) is 56.7 Å². The Kier molecular flexibility index (Phi) is 7.20. The van der Waals surface area contributed by atoms with Crippen molar-refractivity contribution in [2.24, 2.45) is 0 Å². The van der Waals surface area contributed by atoms with Gasteiger partial charge in [-0.1, -0.05) is 147 Å². The van der Waals surface area contributed by atoms with Crippen LogP contribution in [-0.2, 0) is 5.41 Å². The van der Waals surface area contributed by atoms with E-state index in [4.69, 9.17) is 19.4 Å². The van der Waals surface area contributed by atoms with Crippen molar-refractivity contribution < 1.29 is 4.42 Å². The molecule has 0 bridgehead atoms. The van der Waals surface area contributed by atoms with Gasteiger partial charge in [0.1, 0.15) is 11.2 Å². The smallest absolute Gasteiger partial charge is 0.238 e. The molecule has 5 nitrogen and oxygen atoms in total. The lowest BCUT2D eigenvalue weighted by atomic mass is 9.82. The summed E-state index contributed by atoms with van der Waals surface area (Å²) in [6.07, 6.45) is 0. The van der Waals surface area contributed by atoms with Crippen LogP contribution in [0.25, 0.3) is 106 Å². The first-order chi connectivity index (χ1) is 29.0. The summed E-state index contributed by atoms with van der Waals surface area (Å²) < 4.78 is 8.85. The average molecular weight is 757 g/mol. The van der Waals surface area contributed by atoms with E-state index in [2.05, 4.69) is 176 Å². The number of para-hydroxylation sites is 1. The number of nitrogens with zero attached hydrogens (tertiary/aromatic N) is 4. The predicted molar refractivity (Wildman–Crippen MR) is 241 cm³/mol. The highest BCUT2D eigenvalue weighted by Crippen LogP contribution is 2.51. The van der Waals surface area contributed by atoms with E-state index in [1.807, 2.05) is 24.3 Å². The molecule has 0 unspecified atom stereocenters. The quantitative estimate of drug-likeness (QED) is 0.175. The molecule has 0 N–H and O–H groups in total. The molecule has 0 saturated heterocycles. The summed E-state index contributed by atoms with van der Waals surface area (Å²) in [5.74, 6) is 1.76. The van der Waals surface area contributed by atoms with Crippen LogP contribution in [0.15, 0.2) is 186 Å². The van der Waals surface area contributed by atoms with Crippen molar-refractivity contribution in [1.82, 2.24) is 19.5 Å². The molecule has 5 heteroatoms. The van der Waals surface area contributed by atoms with Gasteiger partial charge in [-0.05, 0) is 93.0 Å². The molecule has 1 aliphatic carbocycles. The molecular weight excluding hydrogens is 721 g/mol. The molecule has 11 aromatic rings. The van der Waals surface area contributed by atoms with E-state index in [0.29, 0.717) is 17.6 Å². The van der Waals surface area contributed by atoms with Crippen molar-refractivity contribution in [2.75, 3.05) is 0 Å². The van der Waals surface area contributed by atoms with Crippen LogP contribution >= 0.6 is 0 Å². The Labute approximate surface area is 340 Å². The second kappa shape index (κ2) is 12.7. The normalized spacial score (nSPS) is 13.1. The van der Waals surface area contributed by atoms with Gasteiger partial charge in [-0.15, -0.1) is 0 Å². The third-order valence-electron chi connectivity index (χ3n) is 12.3. The second-order valence-corrected chi connectivity index (χ2v) is 16.1. The van der Waals surface area contributed by atoms with Gasteiger partial charge < -0.3 is 4.42 Å². The molecule has 0 radical (unpaired) electrons. The minimum Gasteiger partial charge on any atom is -0.456 e. The molecular formula is C54H36N4O. The second-order valence-electron chi connectivity index (χ2n) is 16.1. The molecule has 0 amide bonds. The van der Waals surface area contributed by atoms with Crippen LogP contribution < -0.4 is 0 Å². The molecule has 3 heterocycles. The van der Waals surface area contributed by atoms with Crippen molar-refractivity contribution in [1.29, 1.82) is 0 Å². The SMILES string of the molecule is CC1(C)c2ccccc2-c2cc3c4ccccc4n(-c4nc(-c5ccccc5)nc(-c5ccc6c(c5)oc5cc(-c7cccc(-c8ccccc8)c7)ccc56)n4)c3cc21. The van der Waals surface area contributed by atoms with E-state index in [0.717, 1.165) is 60.6 Å². The van der Waals surface area contributed by atoms with E-state index in [1.165, 1.54) is 38.8 Å². The van der Waals surface area contributed by atoms with Crippen LogP contribution in [0.3, 0.4) is 0 Å². The third kappa shape index (κ3) is 5.21. The lowest BCUT2D eigenvalue weighted by molar-refractivity contribution is 0.661. The zero-order valence-corrected chi connectivity index (χ0v) is 32.5. The zero-order valence-electron chi connectivity index (χ0n) is 32.5. The van der Waals surface area contributed by atoms with Crippen LogP contribution in [0, 0.1) is 0 Å². The van der Waals surface area contributed by atoms with E-state index >= 15 is 0 Å². The molecule has 1 aliphatic rings. The van der Waals surface area contributed by atoms with Gasteiger partial charge in [0, 0.05) is 38.1 Å². The first-order valence-corrected chi connectivity index (χ1v) is 20.1. The van der Waals surface area contributed by atoms with Crippen LogP contribution in [-0.4, -0.2) is 19.5 Å². The Morgan fingerprint density at radius 3 is 1.76 bits per heavy atom. The molecule has 0 spiro atoms. The highest BCUT2D eigenvalue weighted by molar-refractivity contribution is 6.11. The molecule has 0 saturated carbocycles. The largest absolute Gasteiger partial charge is 0.456 e. The molecule has 278 valence electrons. The summed E-state index contributed by atoms with van der Waals surface area (Å²) in [6.45, 7) is 4.65. The number of hydrogen-bond donors (Lipinski definition) is 0. The maximum atomic E-state index is 6.64. The van der Waals surface area contributed by atoms with Gasteiger partial charge in [0.25, 0.3) is 0 Å². The van der Waals surface area contributed by atoms with Gasteiger partial charge in [0.05, 0.1) is 11.0 Å². The monoisotopic (exact) mass is 756 g/mol. The summed E-state index contributed by atoms with van der Waals surface area (Å²) in [5.41, 5.74) is 15.2. The van der Waals surface area contributed by atoms with Crippen molar-refractivity contribution in [2.45, 2.75) is 19.3 Å². The predicted octanol–water partition coefficient (Wildman–Crippen LogP) is 13.8. The highest BCUT2D eigenvalue weighted by Gasteiger charge is 2.36. The van der Waals surface area contributed by atoms with Crippen molar-refractivity contribution >= 4 is 43.7 Å². The molecule has 12 rings (SSSR count). The Morgan fingerprint density at radius 1 is 0.390 bits per heavy atom. The van der Waals surface area contributed by atoms with Crippen LogP contribution in [0.4, 0.5) is 0 Å². The fourth-order valence-corrected chi connectivity index (χ4v) is 9.29. The van der Waals surface area contributed by atoms with Gasteiger partial charge >= 0.3 is 0 Å². The first kappa shape index (κ1) is 33.5. The number of furan rings is 1. The van der Waals surface area contributed by atoms with Crippen LogP contribution in [0.2, 0.25) is 0 Å². The van der Waals surface area contributed by atoms with Crippen molar-refractivity contribution in [3.05, 3.63) is 193 Å². The Balaban J connectivity index is 1.02. The number of benzene rings is 8. The van der Waals surface area contributed by atoms with Gasteiger partial charge in [-0.2, -0.15) is 9.97 Å². The van der Waals surface area contributed by atoms with E-state index in [-0.39, 0.29) is 5.41 Å². The Hall–Kier alpha value is -7.63. The molecule has 59 heavy (non-hydrogen) atoms.